The normalized spacial score (nSPS) is 11.0. The Morgan fingerprint density at radius 2 is 1.83 bits per heavy atom. The Labute approximate surface area is 145 Å². The van der Waals surface area contributed by atoms with E-state index in [0.717, 1.165) is 21.8 Å². The zero-order valence-electron chi connectivity index (χ0n) is 15.4. The molecule has 0 saturated heterocycles. The van der Waals surface area contributed by atoms with Gasteiger partial charge >= 0.3 is 6.09 Å². The maximum Gasteiger partial charge on any atom is 0.412 e. The molecule has 1 N–H and O–H groups in total. The van der Waals surface area contributed by atoms with E-state index in [0.29, 0.717) is 0 Å². The highest BCUT2D eigenvalue weighted by Gasteiger charge is 2.15. The zero-order chi connectivity index (χ0) is 18.4. The summed E-state index contributed by atoms with van der Waals surface area (Å²) in [5, 5.41) is 2.71. The molecule has 1 atom stereocenters. The van der Waals surface area contributed by atoms with Gasteiger partial charge in [0, 0.05) is 4.88 Å². The molecule has 0 radical (unpaired) electrons. The molecule has 1 amide bonds. The maximum absolute atomic E-state index is 11.8. The molecule has 0 bridgehead atoms. The molecule has 1 aromatic heterocycles. The van der Waals surface area contributed by atoms with Crippen LogP contribution in [0, 0.1) is 13.8 Å². The van der Waals surface area contributed by atoms with Crippen LogP contribution >= 0.6 is 11.5 Å². The number of amides is 1. The first-order valence-corrected chi connectivity index (χ1v) is 8.62. The Bertz CT molecular complexity index is 500. The van der Waals surface area contributed by atoms with Gasteiger partial charge in [-0.1, -0.05) is 59.1 Å². The topological polar surface area (TPSA) is 51.2 Å². The van der Waals surface area contributed by atoms with Crippen LogP contribution < -0.4 is 5.32 Å². The minimum atomic E-state index is -0.504. The average molecular weight is 339 g/mol. The van der Waals surface area contributed by atoms with Crippen LogP contribution in [0.5, 0.6) is 0 Å². The minimum absolute atomic E-state index is 0.386. The van der Waals surface area contributed by atoms with Crippen molar-refractivity contribution >= 4 is 23.3 Å². The molecule has 0 aliphatic rings. The van der Waals surface area contributed by atoms with Crippen molar-refractivity contribution in [3.8, 4) is 0 Å². The molecular weight excluding hydrogens is 308 g/mol. The van der Waals surface area contributed by atoms with Crippen LogP contribution in [0.1, 0.15) is 45.2 Å². The SMILES string of the molecule is C=C/C=C(\C=C)C(C)OC(=O)Nc1c(C)nsc1C.CC.CC. The van der Waals surface area contributed by atoms with E-state index >= 15 is 0 Å². The van der Waals surface area contributed by atoms with Gasteiger partial charge in [-0.2, -0.15) is 4.37 Å². The molecule has 1 rings (SSSR count). The molecule has 4 nitrogen and oxygen atoms in total. The molecule has 5 heteroatoms. The Morgan fingerprint density at radius 3 is 2.22 bits per heavy atom. The predicted molar refractivity (Wildman–Crippen MR) is 102 cm³/mol. The Balaban J connectivity index is 0. The summed E-state index contributed by atoms with van der Waals surface area (Å²) in [4.78, 5) is 12.8. The van der Waals surface area contributed by atoms with Gasteiger partial charge < -0.3 is 4.74 Å². The van der Waals surface area contributed by atoms with Crippen molar-refractivity contribution in [2.45, 2.75) is 54.6 Å². The summed E-state index contributed by atoms with van der Waals surface area (Å²) in [6, 6.07) is 0. The second-order valence-electron chi connectivity index (χ2n) is 3.98. The molecule has 1 aromatic rings. The van der Waals surface area contributed by atoms with E-state index in [-0.39, 0.29) is 6.10 Å². The largest absolute Gasteiger partial charge is 0.441 e. The lowest BCUT2D eigenvalue weighted by Gasteiger charge is -2.14. The Morgan fingerprint density at radius 1 is 1.26 bits per heavy atom. The predicted octanol–water partition coefficient (Wildman–Crippen LogP) is 6.05. The summed E-state index contributed by atoms with van der Waals surface area (Å²) >= 11 is 1.35. The molecule has 0 saturated carbocycles. The Kier molecular flexibility index (Phi) is 14.0. The first-order chi connectivity index (χ1) is 11.0. The lowest BCUT2D eigenvalue weighted by molar-refractivity contribution is 0.138. The number of nitrogens with one attached hydrogen (secondary N) is 1. The number of allylic oxidation sites excluding steroid dienone is 2. The third-order valence-electron chi connectivity index (χ3n) is 2.56. The number of anilines is 1. The van der Waals surface area contributed by atoms with Gasteiger partial charge in [-0.15, -0.1) is 0 Å². The van der Waals surface area contributed by atoms with E-state index in [2.05, 4.69) is 22.8 Å². The molecule has 0 spiro atoms. The molecule has 0 aliphatic carbocycles. The number of carbonyl (C=O) groups excluding carboxylic acids is 1. The first kappa shape index (κ1) is 23.4. The molecule has 1 heterocycles. The van der Waals surface area contributed by atoms with Crippen LogP contribution in [0.3, 0.4) is 0 Å². The van der Waals surface area contributed by atoms with E-state index in [1.807, 2.05) is 41.5 Å². The smallest absolute Gasteiger partial charge is 0.412 e. The minimum Gasteiger partial charge on any atom is -0.441 e. The van der Waals surface area contributed by atoms with Crippen LogP contribution in [0.15, 0.2) is 37.0 Å². The maximum atomic E-state index is 11.8. The fourth-order valence-corrected chi connectivity index (χ4v) is 2.18. The van der Waals surface area contributed by atoms with Crippen LogP contribution in [-0.2, 0) is 4.74 Å². The lowest BCUT2D eigenvalue weighted by Crippen LogP contribution is -2.21. The Hall–Kier alpha value is -1.88. The van der Waals surface area contributed by atoms with Crippen LogP contribution in [0.2, 0.25) is 0 Å². The number of ether oxygens (including phenoxy) is 1. The number of hydrogen-bond acceptors (Lipinski definition) is 4. The molecule has 23 heavy (non-hydrogen) atoms. The molecule has 130 valence electrons. The van der Waals surface area contributed by atoms with Crippen LogP contribution in [0.4, 0.5) is 10.5 Å². The second-order valence-corrected chi connectivity index (χ2v) is 4.96. The van der Waals surface area contributed by atoms with Crippen LogP contribution in [-0.4, -0.2) is 16.6 Å². The van der Waals surface area contributed by atoms with Crippen molar-refractivity contribution in [2.75, 3.05) is 5.32 Å². The number of rotatable bonds is 5. The van der Waals surface area contributed by atoms with Gasteiger partial charge in [0.2, 0.25) is 0 Å². The van der Waals surface area contributed by atoms with Gasteiger partial charge in [0.25, 0.3) is 0 Å². The van der Waals surface area contributed by atoms with E-state index in [1.165, 1.54) is 11.5 Å². The fraction of sp³-hybridized carbons (Fsp3) is 0.444. The number of nitrogens with zero attached hydrogens (tertiary/aromatic N) is 1. The zero-order valence-corrected chi connectivity index (χ0v) is 16.2. The van der Waals surface area contributed by atoms with Gasteiger partial charge in [0.05, 0.1) is 11.4 Å². The second kappa shape index (κ2) is 13.8. The van der Waals surface area contributed by atoms with E-state index < -0.39 is 6.09 Å². The van der Waals surface area contributed by atoms with Gasteiger partial charge in [0.15, 0.2) is 0 Å². The summed E-state index contributed by atoms with van der Waals surface area (Å²) < 4.78 is 9.44. The summed E-state index contributed by atoms with van der Waals surface area (Å²) in [7, 11) is 0. The lowest BCUT2D eigenvalue weighted by atomic mass is 10.1. The fourth-order valence-electron chi connectivity index (χ4n) is 1.53. The number of hydrogen-bond donors (Lipinski definition) is 1. The molecule has 1 unspecified atom stereocenters. The van der Waals surface area contributed by atoms with Crippen molar-refractivity contribution in [1.29, 1.82) is 0 Å². The standard InChI is InChI=1S/C14H18N2O2S.2C2H6/c1-6-8-12(7-2)10(4)18-14(17)15-13-9(3)16-19-11(13)5;2*1-2/h6-8,10H,1-2H2,3-5H3,(H,15,17);2*1-2H3/b12-8+;;. The van der Waals surface area contributed by atoms with Crippen molar-refractivity contribution in [3.05, 3.63) is 47.5 Å². The highest BCUT2D eigenvalue weighted by atomic mass is 32.1. The average Bonchev–Trinajstić information content (AvgIpc) is 2.88. The quantitative estimate of drug-likeness (QED) is 0.665. The molecule has 0 aromatic carbocycles. The highest BCUT2D eigenvalue weighted by molar-refractivity contribution is 7.06. The number of carbonyl (C=O) groups is 1. The summed E-state index contributed by atoms with van der Waals surface area (Å²) in [6.45, 7) is 20.8. The van der Waals surface area contributed by atoms with Gasteiger partial charge in [-0.3, -0.25) is 5.32 Å². The number of aromatic nitrogens is 1. The van der Waals surface area contributed by atoms with Crippen molar-refractivity contribution in [2.24, 2.45) is 0 Å². The summed E-state index contributed by atoms with van der Waals surface area (Å²) in [6.07, 6.45) is 4.14. The molecule has 0 fully saturated rings. The molecule has 0 aliphatic heterocycles. The van der Waals surface area contributed by atoms with Gasteiger partial charge in [-0.05, 0) is 37.9 Å². The van der Waals surface area contributed by atoms with Crippen LogP contribution in [0.25, 0.3) is 0 Å². The monoisotopic (exact) mass is 338 g/mol. The summed E-state index contributed by atoms with van der Waals surface area (Å²) in [5.74, 6) is 0. The highest BCUT2D eigenvalue weighted by Crippen LogP contribution is 2.23. The summed E-state index contributed by atoms with van der Waals surface area (Å²) in [5.41, 5.74) is 2.30. The van der Waals surface area contributed by atoms with Gasteiger partial charge in [0.1, 0.15) is 6.10 Å². The van der Waals surface area contributed by atoms with Crippen molar-refractivity contribution < 1.29 is 9.53 Å². The molecular formula is C18H30N2O2S. The third-order valence-corrected chi connectivity index (χ3v) is 3.40. The third kappa shape index (κ3) is 8.35. The van der Waals surface area contributed by atoms with Gasteiger partial charge in [-0.25, -0.2) is 4.79 Å². The first-order valence-electron chi connectivity index (χ1n) is 7.85. The van der Waals surface area contributed by atoms with E-state index in [9.17, 15) is 4.79 Å². The van der Waals surface area contributed by atoms with E-state index in [4.69, 9.17) is 4.74 Å². The van der Waals surface area contributed by atoms with Crippen molar-refractivity contribution in [3.63, 3.8) is 0 Å². The van der Waals surface area contributed by atoms with E-state index in [1.54, 1.807) is 25.2 Å². The van der Waals surface area contributed by atoms with Crippen molar-refractivity contribution in [1.82, 2.24) is 4.37 Å². The number of aryl methyl sites for hydroxylation is 2.